The molecule has 0 aromatic carbocycles. The minimum atomic E-state index is 0.117. The Morgan fingerprint density at radius 3 is 2.96 bits per heavy atom. The van der Waals surface area contributed by atoms with Crippen molar-refractivity contribution in [2.24, 2.45) is 0 Å². The summed E-state index contributed by atoms with van der Waals surface area (Å²) in [7, 11) is 1.84. The van der Waals surface area contributed by atoms with Crippen molar-refractivity contribution < 1.29 is 4.74 Å². The van der Waals surface area contributed by atoms with E-state index in [0.29, 0.717) is 12.6 Å². The molecule has 26 heavy (non-hydrogen) atoms. The van der Waals surface area contributed by atoms with Crippen molar-refractivity contribution in [1.29, 1.82) is 0 Å². The lowest BCUT2D eigenvalue weighted by atomic mass is 10.0. The molecule has 4 heterocycles. The molecule has 1 fully saturated rings. The fourth-order valence-electron chi connectivity index (χ4n) is 3.70. The summed E-state index contributed by atoms with van der Waals surface area (Å²) in [5, 5.41) is 14.8. The van der Waals surface area contributed by atoms with E-state index in [1.165, 1.54) is 0 Å². The smallest absolute Gasteiger partial charge is 0.228 e. The lowest BCUT2D eigenvalue weighted by molar-refractivity contribution is 0.191. The van der Waals surface area contributed by atoms with Gasteiger partial charge in [-0.3, -0.25) is 4.57 Å². The molecule has 1 unspecified atom stereocenters. The summed E-state index contributed by atoms with van der Waals surface area (Å²) in [6, 6.07) is 0.394. The molecule has 2 aliphatic rings. The number of anilines is 2. The summed E-state index contributed by atoms with van der Waals surface area (Å²) in [6.45, 7) is 5.61. The molecular weight excluding hydrogens is 332 g/mol. The topological polar surface area (TPSA) is 93.0 Å². The van der Waals surface area contributed by atoms with Gasteiger partial charge in [-0.15, -0.1) is 10.2 Å². The molecule has 2 aromatic rings. The Kier molecular flexibility index (Phi) is 4.46. The summed E-state index contributed by atoms with van der Waals surface area (Å²) in [4.78, 5) is 11.6. The molecule has 0 radical (unpaired) electrons. The van der Waals surface area contributed by atoms with E-state index in [-0.39, 0.29) is 12.1 Å². The number of hydrogen-bond acceptors (Lipinski definition) is 8. The van der Waals surface area contributed by atoms with Crippen LogP contribution < -0.4 is 15.5 Å². The second-order valence-electron chi connectivity index (χ2n) is 6.46. The van der Waals surface area contributed by atoms with Gasteiger partial charge in [-0.2, -0.15) is 4.98 Å². The minimum absolute atomic E-state index is 0.117. The quantitative estimate of drug-likeness (QED) is 0.833. The van der Waals surface area contributed by atoms with E-state index in [9.17, 15) is 0 Å². The molecule has 138 valence electrons. The molecule has 9 nitrogen and oxygen atoms in total. The van der Waals surface area contributed by atoms with Crippen LogP contribution in [0.5, 0.6) is 0 Å². The van der Waals surface area contributed by atoms with Crippen LogP contribution in [-0.4, -0.2) is 51.0 Å². The molecule has 9 heteroatoms. The third-order valence-electron chi connectivity index (χ3n) is 4.87. The maximum atomic E-state index is 5.66. The molecule has 0 saturated carbocycles. The van der Waals surface area contributed by atoms with Crippen LogP contribution in [0.25, 0.3) is 5.69 Å². The molecule has 0 spiro atoms. The molecule has 0 amide bonds. The monoisotopic (exact) mass is 356 g/mol. The normalized spacial score (nSPS) is 21.7. The maximum absolute atomic E-state index is 5.66. The fraction of sp³-hybridized carbons (Fsp3) is 0.529. The van der Waals surface area contributed by atoms with Gasteiger partial charge in [0.2, 0.25) is 5.95 Å². The predicted octanol–water partition coefficient (Wildman–Crippen LogP) is 1.53. The lowest BCUT2D eigenvalue weighted by Crippen LogP contribution is -2.43. The number of ether oxygens (including phenoxy) is 1. The van der Waals surface area contributed by atoms with Crippen LogP contribution in [0.4, 0.5) is 11.8 Å². The van der Waals surface area contributed by atoms with Crippen molar-refractivity contribution in [3.05, 3.63) is 30.2 Å². The highest BCUT2D eigenvalue weighted by atomic mass is 16.5. The highest BCUT2D eigenvalue weighted by Gasteiger charge is 2.39. The number of aromatic nitrogens is 5. The van der Waals surface area contributed by atoms with Crippen LogP contribution >= 0.6 is 0 Å². The zero-order valence-corrected chi connectivity index (χ0v) is 15.3. The Labute approximate surface area is 152 Å². The Bertz CT molecular complexity index is 811. The van der Waals surface area contributed by atoms with Crippen molar-refractivity contribution in [3.8, 4) is 5.69 Å². The molecule has 0 bridgehead atoms. The van der Waals surface area contributed by atoms with Crippen LogP contribution in [0.15, 0.2) is 18.6 Å². The van der Waals surface area contributed by atoms with E-state index >= 15 is 0 Å². The lowest BCUT2D eigenvalue weighted by Gasteiger charge is -2.40. The van der Waals surface area contributed by atoms with Crippen LogP contribution in [0.3, 0.4) is 0 Å². The van der Waals surface area contributed by atoms with Crippen molar-refractivity contribution in [2.75, 3.05) is 30.5 Å². The second kappa shape index (κ2) is 6.91. The van der Waals surface area contributed by atoms with Crippen LogP contribution in [0.2, 0.25) is 0 Å². The zero-order valence-electron chi connectivity index (χ0n) is 15.3. The third-order valence-corrected chi connectivity index (χ3v) is 4.87. The molecule has 2 atom stereocenters. The largest absolute Gasteiger partial charge is 0.393 e. The Balaban J connectivity index is 1.83. The zero-order chi connectivity index (χ0) is 18.1. The van der Waals surface area contributed by atoms with E-state index in [2.05, 4.69) is 42.2 Å². The Morgan fingerprint density at radius 2 is 2.23 bits per heavy atom. The molecule has 2 N–H and O–H groups in total. The molecule has 4 rings (SSSR count). The number of hydrogen-bond donors (Lipinski definition) is 2. The number of rotatable bonds is 5. The Hall–Kier alpha value is -2.68. The Morgan fingerprint density at radius 1 is 1.35 bits per heavy atom. The standard InChI is InChI=1S/C17H24N8O/c1-4-13-16-23-22-11(2)24(16)14-9-20-17(19-7-6-18-3)21-15(14)25(13)12-5-8-26-10-12/h6-7,9,12-13,18H,4-5,8,10H2,1-3H3,(H,19,20,21)/b7-6-/t12?,13-/m1/s1. The average Bonchev–Trinajstić information content (AvgIpc) is 3.31. The van der Waals surface area contributed by atoms with Gasteiger partial charge in [-0.1, -0.05) is 6.92 Å². The van der Waals surface area contributed by atoms with E-state index in [4.69, 9.17) is 9.72 Å². The third kappa shape index (κ3) is 2.68. The maximum Gasteiger partial charge on any atom is 0.228 e. The first kappa shape index (κ1) is 16.8. The van der Waals surface area contributed by atoms with E-state index in [1.54, 1.807) is 12.4 Å². The second-order valence-corrected chi connectivity index (χ2v) is 6.46. The van der Waals surface area contributed by atoms with Crippen LogP contribution in [-0.2, 0) is 4.74 Å². The summed E-state index contributed by atoms with van der Waals surface area (Å²) in [5.41, 5.74) is 0.919. The van der Waals surface area contributed by atoms with E-state index in [0.717, 1.165) is 42.6 Å². The van der Waals surface area contributed by atoms with Crippen molar-refractivity contribution >= 4 is 11.8 Å². The molecule has 1 saturated heterocycles. The molecule has 2 aromatic heterocycles. The highest BCUT2D eigenvalue weighted by molar-refractivity contribution is 5.64. The SMILES string of the molecule is CC[C@@H]1c2nnc(C)n2-c2cnc(N/C=C\NC)nc2N1C1CCOC1. The first-order chi connectivity index (χ1) is 12.7. The minimum Gasteiger partial charge on any atom is -0.393 e. The van der Waals surface area contributed by atoms with Gasteiger partial charge in [0.25, 0.3) is 0 Å². The molecule has 0 aliphatic carbocycles. The fourth-order valence-corrected chi connectivity index (χ4v) is 3.70. The predicted molar refractivity (Wildman–Crippen MR) is 98.2 cm³/mol. The summed E-state index contributed by atoms with van der Waals surface area (Å²) >= 11 is 0. The van der Waals surface area contributed by atoms with Crippen molar-refractivity contribution in [3.63, 3.8) is 0 Å². The first-order valence-corrected chi connectivity index (χ1v) is 8.98. The number of fused-ring (bicyclic) bond motifs is 3. The van der Waals surface area contributed by atoms with E-state index in [1.807, 2.05) is 20.2 Å². The number of aryl methyl sites for hydroxylation is 1. The number of nitrogens with zero attached hydrogens (tertiary/aromatic N) is 6. The van der Waals surface area contributed by atoms with E-state index < -0.39 is 0 Å². The summed E-state index contributed by atoms with van der Waals surface area (Å²) in [5.74, 6) is 3.26. The van der Waals surface area contributed by atoms with Gasteiger partial charge in [0.1, 0.15) is 11.5 Å². The summed E-state index contributed by atoms with van der Waals surface area (Å²) in [6.07, 6.45) is 7.31. The highest BCUT2D eigenvalue weighted by Crippen LogP contribution is 2.41. The van der Waals surface area contributed by atoms with Crippen molar-refractivity contribution in [1.82, 2.24) is 30.0 Å². The van der Waals surface area contributed by atoms with Crippen molar-refractivity contribution in [2.45, 2.75) is 38.8 Å². The van der Waals surface area contributed by atoms with Crippen LogP contribution in [0, 0.1) is 6.92 Å². The van der Waals surface area contributed by atoms with Gasteiger partial charge >= 0.3 is 0 Å². The first-order valence-electron chi connectivity index (χ1n) is 8.98. The van der Waals surface area contributed by atoms with Crippen LogP contribution in [0.1, 0.15) is 37.5 Å². The van der Waals surface area contributed by atoms with Gasteiger partial charge < -0.3 is 20.3 Å². The van der Waals surface area contributed by atoms with Gasteiger partial charge in [0.05, 0.1) is 24.9 Å². The molecular formula is C17H24N8O. The van der Waals surface area contributed by atoms with Gasteiger partial charge in [-0.25, -0.2) is 4.98 Å². The van der Waals surface area contributed by atoms with Gasteiger partial charge in [-0.05, 0) is 19.8 Å². The number of nitrogens with one attached hydrogen (secondary N) is 2. The summed E-state index contributed by atoms with van der Waals surface area (Å²) < 4.78 is 7.73. The molecule has 2 aliphatic heterocycles. The average molecular weight is 356 g/mol. The van der Waals surface area contributed by atoms with Gasteiger partial charge in [0.15, 0.2) is 11.6 Å². The van der Waals surface area contributed by atoms with Gasteiger partial charge in [0, 0.05) is 26.1 Å².